The number of likely N-dealkylation sites (tertiary alicyclic amines) is 1. The van der Waals surface area contributed by atoms with Crippen LogP contribution in [0, 0.1) is 11.8 Å². The molecule has 1 aliphatic heterocycles. The predicted octanol–water partition coefficient (Wildman–Crippen LogP) is 2.40. The summed E-state index contributed by atoms with van der Waals surface area (Å²) >= 11 is 0. The van der Waals surface area contributed by atoms with Crippen LogP contribution < -0.4 is 5.73 Å². The maximum absolute atomic E-state index is 12.1. The van der Waals surface area contributed by atoms with Gasteiger partial charge in [-0.3, -0.25) is 4.79 Å². The van der Waals surface area contributed by atoms with Crippen molar-refractivity contribution in [3.63, 3.8) is 0 Å². The fourth-order valence-electron chi connectivity index (χ4n) is 2.61. The number of nitrogens with two attached hydrogens (primary N) is 1. The van der Waals surface area contributed by atoms with Crippen LogP contribution in [0.3, 0.4) is 0 Å². The summed E-state index contributed by atoms with van der Waals surface area (Å²) in [5, 5.41) is 0. The average Bonchev–Trinajstić information content (AvgIpc) is 2.34. The minimum atomic E-state index is 0.286. The first kappa shape index (κ1) is 14.5. The molecule has 1 fully saturated rings. The third kappa shape index (κ3) is 4.30. The van der Waals surface area contributed by atoms with Crippen molar-refractivity contribution >= 4 is 5.91 Å². The summed E-state index contributed by atoms with van der Waals surface area (Å²) in [5.74, 6) is 1.67. The molecule has 3 heteroatoms. The Balaban J connectivity index is 2.48. The van der Waals surface area contributed by atoms with Crippen molar-refractivity contribution in [2.24, 2.45) is 17.6 Å². The Bertz CT molecular complexity index is 240. The molecule has 0 radical (unpaired) electrons. The van der Waals surface area contributed by atoms with Gasteiger partial charge in [-0.1, -0.05) is 27.2 Å². The fraction of sp³-hybridized carbons (Fsp3) is 0.929. The Kier molecular flexibility index (Phi) is 5.96. The van der Waals surface area contributed by atoms with Crippen LogP contribution in [0.2, 0.25) is 0 Å². The standard InChI is InChI=1S/C14H28N2O/c1-4-12-7-8-16(13(9-12)10-15)14(17)6-5-11(2)3/h11-13H,4-10,15H2,1-3H3. The molecular weight excluding hydrogens is 212 g/mol. The van der Waals surface area contributed by atoms with Crippen molar-refractivity contribution in [3.05, 3.63) is 0 Å². The zero-order chi connectivity index (χ0) is 12.8. The van der Waals surface area contributed by atoms with Crippen LogP contribution in [0.5, 0.6) is 0 Å². The lowest BCUT2D eigenvalue weighted by atomic mass is 9.88. The van der Waals surface area contributed by atoms with Gasteiger partial charge >= 0.3 is 0 Å². The Labute approximate surface area is 106 Å². The van der Waals surface area contributed by atoms with Crippen molar-refractivity contribution in [1.29, 1.82) is 0 Å². The van der Waals surface area contributed by atoms with Crippen LogP contribution in [0.15, 0.2) is 0 Å². The molecule has 1 heterocycles. The largest absolute Gasteiger partial charge is 0.338 e. The van der Waals surface area contributed by atoms with E-state index >= 15 is 0 Å². The van der Waals surface area contributed by atoms with E-state index < -0.39 is 0 Å². The third-order valence-electron chi connectivity index (χ3n) is 3.93. The van der Waals surface area contributed by atoms with Crippen molar-refractivity contribution in [2.45, 2.75) is 58.9 Å². The second-order valence-electron chi connectivity index (χ2n) is 5.71. The number of amides is 1. The van der Waals surface area contributed by atoms with Gasteiger partial charge in [0, 0.05) is 25.6 Å². The van der Waals surface area contributed by atoms with E-state index in [9.17, 15) is 4.79 Å². The normalized spacial score (nSPS) is 25.4. The molecule has 0 bridgehead atoms. The molecule has 1 rings (SSSR count). The lowest BCUT2D eigenvalue weighted by molar-refractivity contribution is -0.135. The summed E-state index contributed by atoms with van der Waals surface area (Å²) in [6.07, 6.45) is 5.14. The molecule has 0 aliphatic carbocycles. The lowest BCUT2D eigenvalue weighted by Gasteiger charge is -2.39. The van der Waals surface area contributed by atoms with E-state index in [-0.39, 0.29) is 6.04 Å². The summed E-state index contributed by atoms with van der Waals surface area (Å²) in [4.78, 5) is 14.2. The van der Waals surface area contributed by atoms with Gasteiger partial charge < -0.3 is 10.6 Å². The smallest absolute Gasteiger partial charge is 0.222 e. The Morgan fingerprint density at radius 2 is 2.18 bits per heavy atom. The Morgan fingerprint density at radius 1 is 1.47 bits per heavy atom. The molecule has 2 unspecified atom stereocenters. The van der Waals surface area contributed by atoms with Crippen molar-refractivity contribution in [2.75, 3.05) is 13.1 Å². The van der Waals surface area contributed by atoms with Gasteiger partial charge in [-0.2, -0.15) is 0 Å². The molecule has 3 nitrogen and oxygen atoms in total. The van der Waals surface area contributed by atoms with Gasteiger partial charge in [0.25, 0.3) is 0 Å². The highest BCUT2D eigenvalue weighted by Crippen LogP contribution is 2.25. The summed E-state index contributed by atoms with van der Waals surface area (Å²) in [7, 11) is 0. The SMILES string of the molecule is CCC1CCN(C(=O)CCC(C)C)C(CN)C1. The molecule has 0 aromatic rings. The van der Waals surface area contributed by atoms with Crippen LogP contribution in [0.25, 0.3) is 0 Å². The second-order valence-corrected chi connectivity index (χ2v) is 5.71. The monoisotopic (exact) mass is 240 g/mol. The zero-order valence-electron chi connectivity index (χ0n) is 11.6. The van der Waals surface area contributed by atoms with E-state index in [1.165, 1.54) is 6.42 Å². The minimum Gasteiger partial charge on any atom is -0.338 e. The lowest BCUT2D eigenvalue weighted by Crippen LogP contribution is -2.49. The van der Waals surface area contributed by atoms with Crippen LogP contribution >= 0.6 is 0 Å². The number of hydrogen-bond acceptors (Lipinski definition) is 2. The molecule has 0 aromatic heterocycles. The quantitative estimate of drug-likeness (QED) is 0.802. The first-order valence-electron chi connectivity index (χ1n) is 7.08. The molecule has 2 N–H and O–H groups in total. The van der Waals surface area contributed by atoms with Gasteiger partial charge in [-0.05, 0) is 31.1 Å². The second kappa shape index (κ2) is 7.00. The molecule has 0 aromatic carbocycles. The van der Waals surface area contributed by atoms with E-state index in [0.29, 0.717) is 24.8 Å². The van der Waals surface area contributed by atoms with Gasteiger partial charge in [-0.25, -0.2) is 0 Å². The maximum Gasteiger partial charge on any atom is 0.222 e. The molecule has 1 aliphatic rings. The Morgan fingerprint density at radius 3 is 2.71 bits per heavy atom. The molecule has 0 saturated carbocycles. The first-order chi connectivity index (χ1) is 8.08. The topological polar surface area (TPSA) is 46.3 Å². The molecule has 1 amide bonds. The predicted molar refractivity (Wildman–Crippen MR) is 71.6 cm³/mol. The number of rotatable bonds is 5. The number of carbonyl (C=O) groups is 1. The molecule has 17 heavy (non-hydrogen) atoms. The summed E-state index contributed by atoms with van der Waals surface area (Å²) in [6.45, 7) is 8.09. The van der Waals surface area contributed by atoms with Crippen molar-refractivity contribution < 1.29 is 4.79 Å². The van der Waals surface area contributed by atoms with Crippen LogP contribution in [0.1, 0.15) is 52.9 Å². The fourth-order valence-corrected chi connectivity index (χ4v) is 2.61. The molecule has 2 atom stereocenters. The number of piperidine rings is 1. The van der Waals surface area contributed by atoms with Crippen LogP contribution in [-0.4, -0.2) is 29.9 Å². The van der Waals surface area contributed by atoms with Crippen molar-refractivity contribution in [1.82, 2.24) is 4.90 Å². The molecule has 1 saturated heterocycles. The van der Waals surface area contributed by atoms with Crippen molar-refractivity contribution in [3.8, 4) is 0 Å². The van der Waals surface area contributed by atoms with Crippen LogP contribution in [0.4, 0.5) is 0 Å². The maximum atomic E-state index is 12.1. The zero-order valence-corrected chi connectivity index (χ0v) is 11.6. The summed E-state index contributed by atoms with van der Waals surface area (Å²) in [6, 6.07) is 0.286. The number of nitrogens with zero attached hydrogens (tertiary/aromatic N) is 1. The van der Waals surface area contributed by atoms with Gasteiger partial charge in [0.1, 0.15) is 0 Å². The van der Waals surface area contributed by atoms with Gasteiger partial charge in [-0.15, -0.1) is 0 Å². The highest BCUT2D eigenvalue weighted by atomic mass is 16.2. The highest BCUT2D eigenvalue weighted by molar-refractivity contribution is 5.76. The van der Waals surface area contributed by atoms with E-state index in [1.807, 2.05) is 4.90 Å². The first-order valence-corrected chi connectivity index (χ1v) is 7.08. The number of hydrogen-bond donors (Lipinski definition) is 1. The van der Waals surface area contributed by atoms with E-state index in [4.69, 9.17) is 5.73 Å². The molecule has 0 spiro atoms. The minimum absolute atomic E-state index is 0.286. The average molecular weight is 240 g/mol. The van der Waals surface area contributed by atoms with E-state index in [0.717, 1.165) is 31.7 Å². The number of carbonyl (C=O) groups excluding carboxylic acids is 1. The van der Waals surface area contributed by atoms with Gasteiger partial charge in [0.05, 0.1) is 0 Å². The third-order valence-corrected chi connectivity index (χ3v) is 3.93. The Hall–Kier alpha value is -0.570. The highest BCUT2D eigenvalue weighted by Gasteiger charge is 2.29. The van der Waals surface area contributed by atoms with Gasteiger partial charge in [0.15, 0.2) is 0 Å². The van der Waals surface area contributed by atoms with E-state index in [2.05, 4.69) is 20.8 Å². The molecular formula is C14H28N2O. The summed E-state index contributed by atoms with van der Waals surface area (Å²) in [5.41, 5.74) is 5.81. The molecule has 100 valence electrons. The van der Waals surface area contributed by atoms with Crippen LogP contribution in [-0.2, 0) is 4.79 Å². The summed E-state index contributed by atoms with van der Waals surface area (Å²) < 4.78 is 0. The van der Waals surface area contributed by atoms with E-state index in [1.54, 1.807) is 0 Å². The van der Waals surface area contributed by atoms with Gasteiger partial charge in [0.2, 0.25) is 5.91 Å².